The van der Waals surface area contributed by atoms with Gasteiger partial charge >= 0.3 is 11.9 Å². The minimum atomic E-state index is -1.08. The Morgan fingerprint density at radius 2 is 0.500 bits per heavy atom. The Balaban J connectivity index is -0.000000152. The molecule has 0 bridgehead atoms. The third-order valence-corrected chi connectivity index (χ3v) is 7.99. The number of carboxylic acid groups (broad SMARTS) is 2. The van der Waals surface area contributed by atoms with E-state index in [2.05, 4.69) is 13.8 Å². The van der Waals surface area contributed by atoms with Crippen LogP contribution >= 0.6 is 34.8 Å². The van der Waals surface area contributed by atoms with Gasteiger partial charge in [0.1, 0.15) is 0 Å². The third-order valence-electron chi connectivity index (χ3n) is 7.99. The van der Waals surface area contributed by atoms with Gasteiger partial charge in [-0.25, -0.2) is 0 Å². The molecule has 0 aliphatic heterocycles. The molecule has 0 unspecified atom stereocenters. The lowest BCUT2D eigenvalue weighted by Gasteiger charge is -2.03. The van der Waals surface area contributed by atoms with E-state index in [1.165, 1.54) is 174 Å². The first-order valence-electron chi connectivity index (χ1n) is 19.0. The summed E-state index contributed by atoms with van der Waals surface area (Å²) in [6, 6.07) is 0. The van der Waals surface area contributed by atoms with E-state index in [1.54, 1.807) is 0 Å². The highest BCUT2D eigenvalue weighted by Gasteiger charge is 2.07. The topological polar surface area (TPSA) is 74.6 Å². The maximum Gasteiger partial charge on any atom is 0.303 e. The van der Waals surface area contributed by atoms with E-state index in [0.29, 0.717) is 12.8 Å². The van der Waals surface area contributed by atoms with E-state index in [4.69, 9.17) is 45.0 Å². The van der Waals surface area contributed by atoms with Crippen molar-refractivity contribution in [3.63, 3.8) is 0 Å². The lowest BCUT2D eigenvalue weighted by Crippen LogP contribution is -1.93. The molecule has 0 heterocycles. The van der Waals surface area contributed by atoms with Crippen LogP contribution in [0.5, 0.6) is 0 Å². The molecule has 0 saturated carbocycles. The third kappa shape index (κ3) is 80.3. The van der Waals surface area contributed by atoms with Gasteiger partial charge in [0.25, 0.3) is 0 Å². The number of carbonyl (C=O) groups is 2. The largest absolute Gasteiger partial charge is 0.481 e. The van der Waals surface area contributed by atoms with Crippen LogP contribution in [0.1, 0.15) is 226 Å². The van der Waals surface area contributed by atoms with Crippen molar-refractivity contribution in [3.05, 3.63) is 0 Å². The minimum Gasteiger partial charge on any atom is -0.481 e. The monoisotopic (exact) mass is 760 g/mol. The first-order valence-corrected chi connectivity index (χ1v) is 20.2. The number of aliphatic carboxylic acids is 2. The van der Waals surface area contributed by atoms with Crippen LogP contribution in [0.4, 0.5) is 14.1 Å². The van der Waals surface area contributed by atoms with Crippen LogP contribution in [-0.2, 0) is 9.59 Å². The normalized spacial score (nSPS) is 10.3. The first kappa shape index (κ1) is 59.7. The van der Waals surface area contributed by atoms with Crippen LogP contribution in [-0.4, -0.2) is 25.9 Å². The Bertz CT molecular complexity index is 548. The number of carboxylic acids is 2. The molecule has 2 N–H and O–H groups in total. The van der Waals surface area contributed by atoms with Gasteiger partial charge in [0.2, 0.25) is 0 Å². The van der Waals surface area contributed by atoms with E-state index in [9.17, 15) is 9.59 Å². The average molecular weight is 762 g/mol. The summed E-state index contributed by atoms with van der Waals surface area (Å²) in [7, 11) is 0. The summed E-state index contributed by atoms with van der Waals surface area (Å²) in [6.07, 6.45) is 40.4. The number of unbranched alkanes of at least 4 members (excludes halogenated alkanes) is 28. The number of hydrogen-bond donors (Lipinski definition) is 2. The molecule has 4 nitrogen and oxygen atoms in total. The second kappa shape index (κ2) is 51.0. The second-order valence-corrected chi connectivity index (χ2v) is 15.8. The second-order valence-electron chi connectivity index (χ2n) is 13.0. The summed E-state index contributed by atoms with van der Waals surface area (Å²) in [5, 5.41) is 17.0. The highest BCUT2D eigenvalue weighted by atomic mass is 35.6. The first-order chi connectivity index (χ1) is 21.5. The quantitative estimate of drug-likeness (QED) is 0.0529. The summed E-state index contributed by atoms with van der Waals surface area (Å²) in [5.74, 6) is -1.31. The molecule has 48 heavy (non-hydrogen) atoms. The van der Waals surface area contributed by atoms with Gasteiger partial charge < -0.3 is 10.2 Å². The van der Waals surface area contributed by atoms with Crippen molar-refractivity contribution < 1.29 is 33.9 Å². The number of alkyl halides is 3. The molecule has 0 aliphatic carbocycles. The van der Waals surface area contributed by atoms with Gasteiger partial charge in [-0.15, -0.1) is 0 Å². The number of hydrogen-bond acceptors (Lipinski definition) is 2. The zero-order chi connectivity index (χ0) is 34.3. The fraction of sp³-hybridized carbons (Fsp3) is 0.947. The maximum atomic E-state index is 10.3. The molecule has 0 radical (unpaired) electrons. The van der Waals surface area contributed by atoms with Crippen LogP contribution < -0.4 is 0 Å². The van der Waals surface area contributed by atoms with Gasteiger partial charge in [0.15, 0.2) is 3.79 Å². The molecule has 0 atom stereocenters. The van der Waals surface area contributed by atoms with Gasteiger partial charge in [-0.3, -0.25) is 23.7 Å². The molecule has 0 aromatic rings. The molecule has 0 spiro atoms. The molecule has 0 aliphatic rings. The molecule has 296 valence electrons. The standard InChI is InChI=1S/2C18H36O2.C2H3Cl3.3FH/c2*1-2-3-4-5-6-7-8-9-10-11-12-13-14-15-16-17-18(19)20;1-2(3,4)5;;;/h2*2-17H2,1H3,(H,19,20);1H3;3*1H. The zero-order valence-corrected chi connectivity index (χ0v) is 33.5. The van der Waals surface area contributed by atoms with Crippen molar-refractivity contribution in [1.29, 1.82) is 0 Å². The van der Waals surface area contributed by atoms with Crippen LogP contribution in [0, 0.1) is 0 Å². The van der Waals surface area contributed by atoms with Crippen molar-refractivity contribution in [1.82, 2.24) is 0 Å². The molecule has 0 rings (SSSR count). The Morgan fingerprint density at radius 1 is 0.375 bits per heavy atom. The Kier molecular flexibility index (Phi) is 63.4. The maximum absolute atomic E-state index is 10.3. The summed E-state index contributed by atoms with van der Waals surface area (Å²) >= 11 is 15.2. The molecular weight excluding hydrogens is 684 g/mol. The highest BCUT2D eigenvalue weighted by molar-refractivity contribution is 6.67. The average Bonchev–Trinajstić information content (AvgIpc) is 2.96. The van der Waals surface area contributed by atoms with Gasteiger partial charge in [-0.05, 0) is 19.8 Å². The molecule has 10 heteroatoms. The van der Waals surface area contributed by atoms with Crippen LogP contribution in [0.3, 0.4) is 0 Å². The summed E-state index contributed by atoms with van der Waals surface area (Å²) in [6.45, 7) is 6.02. The summed E-state index contributed by atoms with van der Waals surface area (Å²) in [4.78, 5) is 20.7. The van der Waals surface area contributed by atoms with E-state index in [-0.39, 0.29) is 14.1 Å². The fourth-order valence-electron chi connectivity index (χ4n) is 5.30. The van der Waals surface area contributed by atoms with Crippen molar-refractivity contribution in [2.75, 3.05) is 0 Å². The number of rotatable bonds is 32. The molecule has 0 aromatic heterocycles. The number of halogens is 6. The molecular formula is C38H78Cl3F3O4. The Morgan fingerprint density at radius 3 is 0.625 bits per heavy atom. The van der Waals surface area contributed by atoms with Crippen molar-refractivity contribution in [2.24, 2.45) is 0 Å². The molecule has 0 fully saturated rings. The SMILES string of the molecule is CC(Cl)(Cl)Cl.CCCCCCCCCCCCCCCCCC(=O)O.CCCCCCCCCCCCCCCCCC(=O)O.F.F.F. The highest BCUT2D eigenvalue weighted by Crippen LogP contribution is 2.23. The van der Waals surface area contributed by atoms with E-state index >= 15 is 0 Å². The van der Waals surface area contributed by atoms with Gasteiger partial charge in [0.05, 0.1) is 0 Å². The van der Waals surface area contributed by atoms with Gasteiger partial charge in [0, 0.05) is 12.8 Å². The molecule has 0 amide bonds. The molecule has 0 aromatic carbocycles. The molecule has 0 saturated heterocycles. The predicted octanol–water partition coefficient (Wildman–Crippen LogP) is 15.5. The smallest absolute Gasteiger partial charge is 0.303 e. The zero-order valence-electron chi connectivity index (χ0n) is 31.2. The predicted molar refractivity (Wildman–Crippen MR) is 208 cm³/mol. The van der Waals surface area contributed by atoms with Crippen molar-refractivity contribution >= 4 is 46.7 Å². The van der Waals surface area contributed by atoms with E-state index < -0.39 is 15.7 Å². The van der Waals surface area contributed by atoms with Crippen molar-refractivity contribution in [2.45, 2.75) is 230 Å². The lowest BCUT2D eigenvalue weighted by molar-refractivity contribution is -0.138. The Hall–Kier alpha value is -0.400. The minimum absolute atomic E-state index is 0. The van der Waals surface area contributed by atoms with E-state index in [0.717, 1.165) is 25.7 Å². The van der Waals surface area contributed by atoms with Crippen LogP contribution in [0.25, 0.3) is 0 Å². The van der Waals surface area contributed by atoms with Crippen molar-refractivity contribution in [3.8, 4) is 0 Å². The summed E-state index contributed by atoms with van der Waals surface area (Å²) in [5.41, 5.74) is 0. The van der Waals surface area contributed by atoms with Crippen LogP contribution in [0.2, 0.25) is 0 Å². The van der Waals surface area contributed by atoms with Gasteiger partial charge in [-0.2, -0.15) is 0 Å². The van der Waals surface area contributed by atoms with Crippen LogP contribution in [0.15, 0.2) is 0 Å². The Labute approximate surface area is 309 Å². The fourth-order valence-corrected chi connectivity index (χ4v) is 5.30. The lowest BCUT2D eigenvalue weighted by atomic mass is 10.0. The van der Waals surface area contributed by atoms with E-state index in [1.807, 2.05) is 0 Å². The summed E-state index contributed by atoms with van der Waals surface area (Å²) < 4.78 is -1.08. The van der Waals surface area contributed by atoms with Gasteiger partial charge in [-0.1, -0.05) is 228 Å².